The van der Waals surface area contributed by atoms with Crippen molar-refractivity contribution in [1.82, 2.24) is 5.32 Å². The van der Waals surface area contributed by atoms with Crippen molar-refractivity contribution in [3.8, 4) is 0 Å². The van der Waals surface area contributed by atoms with Gasteiger partial charge in [0.05, 0.1) is 0 Å². The van der Waals surface area contributed by atoms with Crippen LogP contribution in [0.2, 0.25) is 5.02 Å². The molecule has 1 unspecified atom stereocenters. The third kappa shape index (κ3) is 4.83. The van der Waals surface area contributed by atoms with Gasteiger partial charge >= 0.3 is 0 Å². The molecular formula is C18H21ClFN. The highest BCUT2D eigenvalue weighted by Gasteiger charge is 2.12. The zero-order chi connectivity index (χ0) is 15.2. The third-order valence-corrected chi connectivity index (χ3v) is 3.96. The summed E-state index contributed by atoms with van der Waals surface area (Å²) in [6, 6.07) is 13.0. The van der Waals surface area contributed by atoms with Gasteiger partial charge in [-0.2, -0.15) is 0 Å². The Morgan fingerprint density at radius 2 is 1.95 bits per heavy atom. The standard InChI is InChI=1S/C18H21ClFN/c1-13-6-7-18(20)11-16(13)9-15(12-21-2)8-14-4-3-5-17(19)10-14/h3-7,10-11,15,21H,8-9,12H2,1-2H3. The van der Waals surface area contributed by atoms with Crippen LogP contribution >= 0.6 is 11.6 Å². The molecule has 0 spiro atoms. The number of halogens is 2. The Hall–Kier alpha value is -1.38. The van der Waals surface area contributed by atoms with Crippen LogP contribution in [0.5, 0.6) is 0 Å². The molecule has 2 aromatic rings. The number of hydrogen-bond donors (Lipinski definition) is 1. The zero-order valence-corrected chi connectivity index (χ0v) is 13.3. The molecule has 0 aliphatic carbocycles. The first-order chi connectivity index (χ1) is 10.1. The lowest BCUT2D eigenvalue weighted by Gasteiger charge is -2.18. The molecule has 0 saturated heterocycles. The molecular weight excluding hydrogens is 285 g/mol. The largest absolute Gasteiger partial charge is 0.319 e. The lowest BCUT2D eigenvalue weighted by atomic mass is 9.90. The maximum absolute atomic E-state index is 13.4. The van der Waals surface area contributed by atoms with Gasteiger partial charge in [-0.1, -0.05) is 29.8 Å². The second-order valence-corrected chi connectivity index (χ2v) is 5.97. The topological polar surface area (TPSA) is 12.0 Å². The lowest BCUT2D eigenvalue weighted by molar-refractivity contribution is 0.490. The fraction of sp³-hybridized carbons (Fsp3) is 0.333. The summed E-state index contributed by atoms with van der Waals surface area (Å²) in [4.78, 5) is 0. The lowest BCUT2D eigenvalue weighted by Crippen LogP contribution is -2.23. The van der Waals surface area contributed by atoms with Crippen LogP contribution in [0, 0.1) is 18.7 Å². The first kappa shape index (κ1) is 16.0. The smallest absolute Gasteiger partial charge is 0.123 e. The minimum absolute atomic E-state index is 0.165. The third-order valence-electron chi connectivity index (χ3n) is 3.73. The van der Waals surface area contributed by atoms with Crippen molar-refractivity contribution in [1.29, 1.82) is 0 Å². The van der Waals surface area contributed by atoms with Gasteiger partial charge in [-0.05, 0) is 80.2 Å². The molecule has 1 atom stereocenters. The van der Waals surface area contributed by atoms with Crippen molar-refractivity contribution >= 4 is 11.6 Å². The Balaban J connectivity index is 2.13. The molecule has 0 saturated carbocycles. The van der Waals surface area contributed by atoms with E-state index in [2.05, 4.69) is 11.4 Å². The Bertz CT molecular complexity index is 598. The molecule has 112 valence electrons. The molecule has 0 bridgehead atoms. The van der Waals surface area contributed by atoms with E-state index >= 15 is 0 Å². The van der Waals surface area contributed by atoms with Crippen LogP contribution in [-0.4, -0.2) is 13.6 Å². The summed E-state index contributed by atoms with van der Waals surface area (Å²) in [5, 5.41) is 3.99. The second kappa shape index (κ2) is 7.58. The zero-order valence-electron chi connectivity index (χ0n) is 12.5. The van der Waals surface area contributed by atoms with Crippen molar-refractivity contribution < 1.29 is 4.39 Å². The average Bonchev–Trinajstić information content (AvgIpc) is 2.43. The van der Waals surface area contributed by atoms with Crippen molar-refractivity contribution in [3.63, 3.8) is 0 Å². The highest BCUT2D eigenvalue weighted by Crippen LogP contribution is 2.20. The number of nitrogens with one attached hydrogen (secondary N) is 1. The normalized spacial score (nSPS) is 12.4. The van der Waals surface area contributed by atoms with Crippen molar-refractivity contribution in [3.05, 3.63) is 70.0 Å². The number of aryl methyl sites for hydroxylation is 1. The molecule has 0 aromatic heterocycles. The predicted molar refractivity (Wildman–Crippen MR) is 87.4 cm³/mol. The molecule has 0 radical (unpaired) electrons. The van der Waals surface area contributed by atoms with E-state index in [1.165, 1.54) is 11.6 Å². The minimum Gasteiger partial charge on any atom is -0.319 e. The van der Waals surface area contributed by atoms with E-state index in [1.807, 2.05) is 38.2 Å². The number of rotatable bonds is 6. The SMILES string of the molecule is CNCC(Cc1cccc(Cl)c1)Cc1cc(F)ccc1C. The van der Waals surface area contributed by atoms with Gasteiger partial charge in [-0.25, -0.2) is 4.39 Å². The summed E-state index contributed by atoms with van der Waals surface area (Å²) < 4.78 is 13.4. The summed E-state index contributed by atoms with van der Waals surface area (Å²) in [7, 11) is 1.95. The molecule has 1 nitrogen and oxygen atoms in total. The van der Waals surface area contributed by atoms with E-state index < -0.39 is 0 Å². The van der Waals surface area contributed by atoms with Gasteiger partial charge in [0.25, 0.3) is 0 Å². The van der Waals surface area contributed by atoms with Crippen LogP contribution in [0.25, 0.3) is 0 Å². The Labute approximate surface area is 131 Å². The van der Waals surface area contributed by atoms with E-state index in [4.69, 9.17) is 11.6 Å². The van der Waals surface area contributed by atoms with Crippen molar-refractivity contribution in [2.75, 3.05) is 13.6 Å². The second-order valence-electron chi connectivity index (χ2n) is 5.53. The summed E-state index contributed by atoms with van der Waals surface area (Å²) in [5.74, 6) is 0.246. The van der Waals surface area contributed by atoms with Crippen LogP contribution in [0.3, 0.4) is 0 Å². The minimum atomic E-state index is -0.165. The Morgan fingerprint density at radius 3 is 2.67 bits per heavy atom. The van der Waals surface area contributed by atoms with Gasteiger partial charge in [-0.15, -0.1) is 0 Å². The van der Waals surface area contributed by atoms with Gasteiger partial charge in [0.1, 0.15) is 5.82 Å². The van der Waals surface area contributed by atoms with Gasteiger partial charge in [-0.3, -0.25) is 0 Å². The fourth-order valence-corrected chi connectivity index (χ4v) is 2.89. The molecule has 0 heterocycles. The van der Waals surface area contributed by atoms with Gasteiger partial charge in [0.2, 0.25) is 0 Å². The molecule has 21 heavy (non-hydrogen) atoms. The Kier molecular flexibility index (Phi) is 5.77. The summed E-state index contributed by atoms with van der Waals surface area (Å²) in [6.45, 7) is 2.92. The quantitative estimate of drug-likeness (QED) is 0.833. The molecule has 0 fully saturated rings. The molecule has 0 aliphatic heterocycles. The van der Waals surface area contributed by atoms with Crippen LogP contribution in [0.15, 0.2) is 42.5 Å². The first-order valence-electron chi connectivity index (χ1n) is 7.22. The summed E-state index contributed by atoms with van der Waals surface area (Å²) in [6.07, 6.45) is 1.79. The predicted octanol–water partition coefficient (Wildman–Crippen LogP) is 4.41. The van der Waals surface area contributed by atoms with Crippen molar-refractivity contribution in [2.45, 2.75) is 19.8 Å². The molecule has 1 N–H and O–H groups in total. The Morgan fingerprint density at radius 1 is 1.14 bits per heavy atom. The average molecular weight is 306 g/mol. The van der Waals surface area contributed by atoms with E-state index in [9.17, 15) is 4.39 Å². The first-order valence-corrected chi connectivity index (χ1v) is 7.60. The molecule has 2 rings (SSSR count). The maximum Gasteiger partial charge on any atom is 0.123 e. The highest BCUT2D eigenvalue weighted by atomic mass is 35.5. The van der Waals surface area contributed by atoms with Gasteiger partial charge in [0.15, 0.2) is 0 Å². The maximum atomic E-state index is 13.4. The van der Waals surface area contributed by atoms with Crippen LogP contribution in [0.1, 0.15) is 16.7 Å². The fourth-order valence-electron chi connectivity index (χ4n) is 2.67. The van der Waals surface area contributed by atoms with Crippen LogP contribution < -0.4 is 5.32 Å². The van der Waals surface area contributed by atoms with E-state index in [1.54, 1.807) is 6.07 Å². The van der Waals surface area contributed by atoms with E-state index in [0.717, 1.165) is 35.5 Å². The highest BCUT2D eigenvalue weighted by molar-refractivity contribution is 6.30. The van der Waals surface area contributed by atoms with Gasteiger partial charge in [0, 0.05) is 5.02 Å². The molecule has 2 aromatic carbocycles. The summed E-state index contributed by atoms with van der Waals surface area (Å²) in [5.41, 5.74) is 3.44. The molecule has 3 heteroatoms. The molecule has 0 amide bonds. The van der Waals surface area contributed by atoms with Crippen molar-refractivity contribution in [2.24, 2.45) is 5.92 Å². The molecule has 0 aliphatic rings. The van der Waals surface area contributed by atoms with E-state index in [-0.39, 0.29) is 5.82 Å². The number of benzene rings is 2. The van der Waals surface area contributed by atoms with Crippen LogP contribution in [0.4, 0.5) is 4.39 Å². The van der Waals surface area contributed by atoms with E-state index in [0.29, 0.717) is 5.92 Å². The monoisotopic (exact) mass is 305 g/mol. The van der Waals surface area contributed by atoms with Crippen LogP contribution in [-0.2, 0) is 12.8 Å². The summed E-state index contributed by atoms with van der Waals surface area (Å²) >= 11 is 6.05. The number of hydrogen-bond acceptors (Lipinski definition) is 1. The van der Waals surface area contributed by atoms with Gasteiger partial charge < -0.3 is 5.32 Å².